The van der Waals surface area contributed by atoms with E-state index in [1.165, 1.54) is 21.7 Å². The van der Waals surface area contributed by atoms with Crippen LogP contribution in [0.4, 0.5) is 5.69 Å². The fraction of sp³-hybridized carbons (Fsp3) is 0.217. The molecule has 0 aliphatic carbocycles. The number of benzene rings is 3. The van der Waals surface area contributed by atoms with E-state index < -0.39 is 5.97 Å². The third-order valence-electron chi connectivity index (χ3n) is 4.47. The van der Waals surface area contributed by atoms with Gasteiger partial charge in [0.2, 0.25) is 5.91 Å². The second-order valence-electron chi connectivity index (χ2n) is 6.57. The SMILES string of the molecule is O=C(CCCCCSc1ccc2ccccc2c1)Nc1ccccc1C(=O)O. The summed E-state index contributed by atoms with van der Waals surface area (Å²) in [5.74, 6) is -0.167. The highest BCUT2D eigenvalue weighted by atomic mass is 32.2. The minimum atomic E-state index is -1.04. The molecular weight excluding hydrogens is 370 g/mol. The third-order valence-corrected chi connectivity index (χ3v) is 5.55. The number of carboxylic acids is 1. The summed E-state index contributed by atoms with van der Waals surface area (Å²) in [6.45, 7) is 0. The molecule has 4 nitrogen and oxygen atoms in total. The number of hydrogen-bond acceptors (Lipinski definition) is 3. The van der Waals surface area contributed by atoms with Gasteiger partial charge in [-0.2, -0.15) is 0 Å². The molecule has 0 spiro atoms. The molecule has 1 amide bonds. The van der Waals surface area contributed by atoms with Crippen molar-refractivity contribution in [2.45, 2.75) is 30.6 Å². The summed E-state index contributed by atoms with van der Waals surface area (Å²) in [6, 6.07) is 21.3. The van der Waals surface area contributed by atoms with E-state index in [1.807, 2.05) is 17.8 Å². The smallest absolute Gasteiger partial charge is 0.337 e. The number of carbonyl (C=O) groups excluding carboxylic acids is 1. The van der Waals surface area contributed by atoms with Crippen molar-refractivity contribution in [3.8, 4) is 0 Å². The molecule has 0 aliphatic rings. The van der Waals surface area contributed by atoms with E-state index in [9.17, 15) is 9.59 Å². The van der Waals surface area contributed by atoms with Crippen LogP contribution in [0.5, 0.6) is 0 Å². The molecular formula is C23H23NO3S. The number of amides is 1. The van der Waals surface area contributed by atoms with Crippen LogP contribution in [0.15, 0.2) is 71.6 Å². The predicted molar refractivity (Wildman–Crippen MR) is 115 cm³/mol. The monoisotopic (exact) mass is 393 g/mol. The number of carboxylic acid groups (broad SMARTS) is 1. The van der Waals surface area contributed by atoms with Crippen LogP contribution < -0.4 is 5.32 Å². The number of fused-ring (bicyclic) bond motifs is 1. The van der Waals surface area contributed by atoms with Crippen molar-refractivity contribution in [3.05, 3.63) is 72.3 Å². The average Bonchev–Trinajstić information content (AvgIpc) is 2.70. The van der Waals surface area contributed by atoms with Crippen molar-refractivity contribution in [3.63, 3.8) is 0 Å². The van der Waals surface area contributed by atoms with Crippen molar-refractivity contribution >= 4 is 40.1 Å². The summed E-state index contributed by atoms with van der Waals surface area (Å²) in [5, 5.41) is 14.4. The zero-order chi connectivity index (χ0) is 19.8. The molecule has 2 N–H and O–H groups in total. The van der Waals surface area contributed by atoms with Gasteiger partial charge in [-0.1, -0.05) is 48.9 Å². The maximum Gasteiger partial charge on any atom is 0.337 e. The van der Waals surface area contributed by atoms with Gasteiger partial charge in [-0.3, -0.25) is 4.79 Å². The lowest BCUT2D eigenvalue weighted by atomic mass is 10.1. The van der Waals surface area contributed by atoms with Crippen LogP contribution in [0.1, 0.15) is 36.0 Å². The van der Waals surface area contributed by atoms with Gasteiger partial charge < -0.3 is 10.4 Å². The first-order valence-electron chi connectivity index (χ1n) is 9.37. The Bertz CT molecular complexity index is 971. The fourth-order valence-electron chi connectivity index (χ4n) is 3.00. The number of para-hydroxylation sites is 1. The third kappa shape index (κ3) is 5.60. The number of hydrogen-bond donors (Lipinski definition) is 2. The Kier molecular flexibility index (Phi) is 7.09. The van der Waals surface area contributed by atoms with Gasteiger partial charge in [0, 0.05) is 11.3 Å². The molecule has 0 radical (unpaired) electrons. The van der Waals surface area contributed by atoms with E-state index in [-0.39, 0.29) is 11.5 Å². The summed E-state index contributed by atoms with van der Waals surface area (Å²) in [4.78, 5) is 24.5. The standard InChI is InChI=1S/C23H23NO3S/c25-22(24-21-11-6-5-10-20(21)23(26)27)12-2-1-7-15-28-19-14-13-17-8-3-4-9-18(17)16-19/h3-6,8-11,13-14,16H,1-2,7,12,15H2,(H,24,25)(H,26,27). The minimum Gasteiger partial charge on any atom is -0.478 e. The maximum atomic E-state index is 12.1. The summed E-state index contributed by atoms with van der Waals surface area (Å²) in [7, 11) is 0. The molecule has 0 bridgehead atoms. The molecule has 0 heterocycles. The van der Waals surface area contributed by atoms with Crippen molar-refractivity contribution in [2.75, 3.05) is 11.1 Å². The van der Waals surface area contributed by atoms with Crippen LogP contribution in [-0.4, -0.2) is 22.7 Å². The Morgan fingerprint density at radius 2 is 1.61 bits per heavy atom. The normalized spacial score (nSPS) is 10.7. The van der Waals surface area contributed by atoms with Crippen molar-refractivity contribution in [1.82, 2.24) is 0 Å². The molecule has 0 aromatic heterocycles. The van der Waals surface area contributed by atoms with Gasteiger partial charge in [0.1, 0.15) is 0 Å². The molecule has 0 unspecified atom stereocenters. The quantitative estimate of drug-likeness (QED) is 0.355. The average molecular weight is 394 g/mol. The largest absolute Gasteiger partial charge is 0.478 e. The summed E-state index contributed by atoms with van der Waals surface area (Å²) in [6.07, 6.45) is 3.19. The molecule has 0 saturated heterocycles. The van der Waals surface area contributed by atoms with E-state index in [0.29, 0.717) is 12.1 Å². The zero-order valence-corrected chi connectivity index (χ0v) is 16.4. The van der Waals surface area contributed by atoms with Gasteiger partial charge in [-0.15, -0.1) is 11.8 Å². The van der Waals surface area contributed by atoms with E-state index in [0.717, 1.165) is 25.0 Å². The highest BCUT2D eigenvalue weighted by Crippen LogP contribution is 2.24. The first-order chi connectivity index (χ1) is 13.6. The van der Waals surface area contributed by atoms with Gasteiger partial charge in [-0.05, 0) is 53.6 Å². The van der Waals surface area contributed by atoms with Crippen LogP contribution in [0, 0.1) is 0 Å². The molecule has 0 fully saturated rings. The molecule has 0 atom stereocenters. The number of carbonyl (C=O) groups is 2. The first kappa shape index (κ1) is 20.0. The predicted octanol–water partition coefficient (Wildman–Crippen LogP) is 5.83. The van der Waals surface area contributed by atoms with E-state index in [1.54, 1.807) is 18.2 Å². The maximum absolute atomic E-state index is 12.1. The minimum absolute atomic E-state index is 0.114. The number of anilines is 1. The number of nitrogens with one attached hydrogen (secondary N) is 1. The second-order valence-corrected chi connectivity index (χ2v) is 7.74. The lowest BCUT2D eigenvalue weighted by Crippen LogP contribution is -2.14. The molecule has 3 aromatic carbocycles. The van der Waals surface area contributed by atoms with Crippen LogP contribution in [-0.2, 0) is 4.79 Å². The molecule has 3 rings (SSSR count). The Labute approximate surface area is 169 Å². The molecule has 5 heteroatoms. The van der Waals surface area contributed by atoms with Gasteiger partial charge in [-0.25, -0.2) is 4.79 Å². The Balaban J connectivity index is 1.36. The zero-order valence-electron chi connectivity index (χ0n) is 15.6. The Morgan fingerprint density at radius 1 is 0.857 bits per heavy atom. The molecule has 0 saturated carbocycles. The van der Waals surface area contributed by atoms with Crippen molar-refractivity contribution in [1.29, 1.82) is 0 Å². The lowest BCUT2D eigenvalue weighted by molar-refractivity contribution is -0.116. The van der Waals surface area contributed by atoms with Crippen molar-refractivity contribution < 1.29 is 14.7 Å². The van der Waals surface area contributed by atoms with Crippen LogP contribution in [0.25, 0.3) is 10.8 Å². The van der Waals surface area contributed by atoms with Gasteiger partial charge >= 0.3 is 5.97 Å². The van der Waals surface area contributed by atoms with Crippen LogP contribution in [0.3, 0.4) is 0 Å². The van der Waals surface area contributed by atoms with Crippen molar-refractivity contribution in [2.24, 2.45) is 0 Å². The van der Waals surface area contributed by atoms with E-state index >= 15 is 0 Å². The highest BCUT2D eigenvalue weighted by Gasteiger charge is 2.11. The summed E-state index contributed by atoms with van der Waals surface area (Å²) in [5.41, 5.74) is 0.467. The van der Waals surface area contributed by atoms with Gasteiger partial charge in [0.15, 0.2) is 0 Å². The number of thioether (sulfide) groups is 1. The number of unbranched alkanes of at least 4 members (excludes halogenated alkanes) is 2. The second kappa shape index (κ2) is 9.95. The molecule has 28 heavy (non-hydrogen) atoms. The van der Waals surface area contributed by atoms with Gasteiger partial charge in [0.25, 0.3) is 0 Å². The van der Waals surface area contributed by atoms with E-state index in [2.05, 4.69) is 41.7 Å². The summed E-state index contributed by atoms with van der Waals surface area (Å²) >= 11 is 1.84. The Morgan fingerprint density at radius 3 is 2.43 bits per heavy atom. The highest BCUT2D eigenvalue weighted by molar-refractivity contribution is 7.99. The topological polar surface area (TPSA) is 66.4 Å². The van der Waals surface area contributed by atoms with Crippen LogP contribution in [0.2, 0.25) is 0 Å². The number of rotatable bonds is 9. The molecule has 0 aliphatic heterocycles. The van der Waals surface area contributed by atoms with Gasteiger partial charge in [0.05, 0.1) is 11.3 Å². The molecule has 3 aromatic rings. The van der Waals surface area contributed by atoms with Crippen LogP contribution >= 0.6 is 11.8 Å². The lowest BCUT2D eigenvalue weighted by Gasteiger charge is -2.08. The fourth-order valence-corrected chi connectivity index (χ4v) is 3.96. The molecule has 144 valence electrons. The number of aromatic carboxylic acids is 1. The first-order valence-corrected chi connectivity index (χ1v) is 10.4. The summed E-state index contributed by atoms with van der Waals surface area (Å²) < 4.78 is 0. The van der Waals surface area contributed by atoms with E-state index in [4.69, 9.17) is 5.11 Å². The Hall–Kier alpha value is -2.79.